The normalized spacial score (nSPS) is 24.0. The van der Waals surface area contributed by atoms with Gasteiger partial charge in [0.15, 0.2) is 0 Å². The van der Waals surface area contributed by atoms with Crippen LogP contribution in [0, 0.1) is 0 Å². The highest BCUT2D eigenvalue weighted by Crippen LogP contribution is 2.17. The molecule has 2 N–H and O–H groups in total. The lowest BCUT2D eigenvalue weighted by Gasteiger charge is -2.14. The maximum Gasteiger partial charge on any atom is 0.0576 e. The van der Waals surface area contributed by atoms with Gasteiger partial charge in [-0.3, -0.25) is 0 Å². The summed E-state index contributed by atoms with van der Waals surface area (Å²) in [7, 11) is 0. The molecule has 1 saturated heterocycles. The van der Waals surface area contributed by atoms with Crippen molar-refractivity contribution in [1.82, 2.24) is 0 Å². The fourth-order valence-electron chi connectivity index (χ4n) is 1.80. The highest BCUT2D eigenvalue weighted by atomic mass is 16.5. The Kier molecular flexibility index (Phi) is 6.15. The minimum Gasteiger partial charge on any atom is -0.382 e. The zero-order valence-electron chi connectivity index (χ0n) is 9.21. The summed E-state index contributed by atoms with van der Waals surface area (Å²) in [6.45, 7) is 4.54. The van der Waals surface area contributed by atoms with Crippen LogP contribution in [0.15, 0.2) is 0 Å². The standard InChI is InChI=1S/C11H23NO2/c1-2-13-9-7-10(12)5-6-11-4-3-8-14-11/h10-11H,2-9,12H2,1H3. The van der Waals surface area contributed by atoms with Gasteiger partial charge in [-0.05, 0) is 39.0 Å². The van der Waals surface area contributed by atoms with Gasteiger partial charge in [-0.25, -0.2) is 0 Å². The van der Waals surface area contributed by atoms with E-state index in [0.717, 1.165) is 39.1 Å². The molecule has 1 aliphatic rings. The van der Waals surface area contributed by atoms with Crippen LogP contribution in [0.1, 0.15) is 39.0 Å². The lowest BCUT2D eigenvalue weighted by atomic mass is 10.0. The Labute approximate surface area is 86.9 Å². The van der Waals surface area contributed by atoms with E-state index in [4.69, 9.17) is 15.2 Å². The molecule has 14 heavy (non-hydrogen) atoms. The molecule has 3 nitrogen and oxygen atoms in total. The van der Waals surface area contributed by atoms with E-state index in [-0.39, 0.29) is 6.04 Å². The molecule has 0 aromatic heterocycles. The van der Waals surface area contributed by atoms with Gasteiger partial charge in [-0.15, -0.1) is 0 Å². The Bertz CT molecular complexity index is 135. The number of rotatable bonds is 7. The van der Waals surface area contributed by atoms with Crippen molar-refractivity contribution in [1.29, 1.82) is 0 Å². The van der Waals surface area contributed by atoms with Gasteiger partial charge >= 0.3 is 0 Å². The summed E-state index contributed by atoms with van der Waals surface area (Å²) in [5, 5.41) is 0. The predicted octanol–water partition coefficient (Wildman–Crippen LogP) is 1.70. The van der Waals surface area contributed by atoms with Crippen LogP contribution in [0.5, 0.6) is 0 Å². The van der Waals surface area contributed by atoms with E-state index in [0.29, 0.717) is 6.10 Å². The lowest BCUT2D eigenvalue weighted by Crippen LogP contribution is -2.23. The fourth-order valence-corrected chi connectivity index (χ4v) is 1.80. The van der Waals surface area contributed by atoms with Gasteiger partial charge in [0.25, 0.3) is 0 Å². The highest BCUT2D eigenvalue weighted by Gasteiger charge is 2.16. The largest absolute Gasteiger partial charge is 0.382 e. The average Bonchev–Trinajstić information content (AvgIpc) is 2.68. The van der Waals surface area contributed by atoms with Crippen LogP contribution in [0.4, 0.5) is 0 Å². The SMILES string of the molecule is CCOCCC(N)CCC1CCCO1. The third kappa shape index (κ3) is 4.94. The predicted molar refractivity (Wildman–Crippen MR) is 57.3 cm³/mol. The van der Waals surface area contributed by atoms with Crippen LogP contribution in [0.25, 0.3) is 0 Å². The van der Waals surface area contributed by atoms with E-state index in [1.165, 1.54) is 12.8 Å². The van der Waals surface area contributed by atoms with E-state index >= 15 is 0 Å². The van der Waals surface area contributed by atoms with Crippen molar-refractivity contribution in [2.24, 2.45) is 5.73 Å². The number of nitrogens with two attached hydrogens (primary N) is 1. The molecule has 84 valence electrons. The van der Waals surface area contributed by atoms with Crippen LogP contribution >= 0.6 is 0 Å². The molecule has 0 radical (unpaired) electrons. The van der Waals surface area contributed by atoms with Crippen molar-refractivity contribution in [3.63, 3.8) is 0 Å². The van der Waals surface area contributed by atoms with Gasteiger partial charge in [-0.1, -0.05) is 0 Å². The molecule has 0 bridgehead atoms. The van der Waals surface area contributed by atoms with Gasteiger partial charge in [0.05, 0.1) is 6.10 Å². The van der Waals surface area contributed by atoms with E-state index in [2.05, 4.69) is 0 Å². The number of ether oxygens (including phenoxy) is 2. The molecule has 0 aromatic rings. The molecule has 0 aliphatic carbocycles. The fraction of sp³-hybridized carbons (Fsp3) is 1.00. The van der Waals surface area contributed by atoms with Crippen molar-refractivity contribution < 1.29 is 9.47 Å². The molecule has 0 spiro atoms. The molecule has 1 heterocycles. The highest BCUT2D eigenvalue weighted by molar-refractivity contribution is 4.69. The molecule has 0 amide bonds. The van der Waals surface area contributed by atoms with Crippen molar-refractivity contribution >= 4 is 0 Å². The molecular weight excluding hydrogens is 178 g/mol. The molecule has 1 rings (SSSR count). The van der Waals surface area contributed by atoms with Crippen molar-refractivity contribution in [2.45, 2.75) is 51.2 Å². The molecule has 1 aliphatic heterocycles. The molecule has 2 atom stereocenters. The second-order valence-corrected chi connectivity index (χ2v) is 3.96. The minimum absolute atomic E-state index is 0.283. The first kappa shape index (κ1) is 12.0. The molecule has 3 heteroatoms. The smallest absolute Gasteiger partial charge is 0.0576 e. The van der Waals surface area contributed by atoms with Crippen molar-refractivity contribution in [3.8, 4) is 0 Å². The van der Waals surface area contributed by atoms with Gasteiger partial charge in [0.2, 0.25) is 0 Å². The first-order valence-corrected chi connectivity index (χ1v) is 5.78. The van der Waals surface area contributed by atoms with E-state index in [9.17, 15) is 0 Å². The Morgan fingerprint density at radius 1 is 1.50 bits per heavy atom. The molecule has 2 unspecified atom stereocenters. The minimum atomic E-state index is 0.283. The third-order valence-corrected chi connectivity index (χ3v) is 2.72. The zero-order chi connectivity index (χ0) is 10.2. The van der Waals surface area contributed by atoms with E-state index < -0.39 is 0 Å². The first-order chi connectivity index (χ1) is 6.83. The summed E-state index contributed by atoms with van der Waals surface area (Å²) in [5.41, 5.74) is 5.96. The second-order valence-electron chi connectivity index (χ2n) is 3.96. The summed E-state index contributed by atoms with van der Waals surface area (Å²) < 4.78 is 10.8. The van der Waals surface area contributed by atoms with Crippen LogP contribution in [0.2, 0.25) is 0 Å². The average molecular weight is 201 g/mol. The van der Waals surface area contributed by atoms with Crippen molar-refractivity contribution in [2.75, 3.05) is 19.8 Å². The second kappa shape index (κ2) is 7.21. The summed E-state index contributed by atoms with van der Waals surface area (Å²) in [5.74, 6) is 0. The Balaban J connectivity index is 1.93. The summed E-state index contributed by atoms with van der Waals surface area (Å²) >= 11 is 0. The maximum atomic E-state index is 5.96. The zero-order valence-corrected chi connectivity index (χ0v) is 9.21. The lowest BCUT2D eigenvalue weighted by molar-refractivity contribution is 0.0974. The van der Waals surface area contributed by atoms with Crippen LogP contribution < -0.4 is 5.73 Å². The van der Waals surface area contributed by atoms with Gasteiger partial charge in [0.1, 0.15) is 0 Å². The van der Waals surface area contributed by atoms with E-state index in [1.807, 2.05) is 6.92 Å². The van der Waals surface area contributed by atoms with Crippen LogP contribution in [-0.4, -0.2) is 32.0 Å². The Morgan fingerprint density at radius 2 is 2.36 bits per heavy atom. The van der Waals surface area contributed by atoms with Crippen molar-refractivity contribution in [3.05, 3.63) is 0 Å². The molecule has 0 aromatic carbocycles. The molecule has 0 saturated carbocycles. The summed E-state index contributed by atoms with van der Waals surface area (Å²) in [4.78, 5) is 0. The third-order valence-electron chi connectivity index (χ3n) is 2.72. The number of hydrogen-bond donors (Lipinski definition) is 1. The summed E-state index contributed by atoms with van der Waals surface area (Å²) in [6, 6.07) is 0.283. The number of hydrogen-bond acceptors (Lipinski definition) is 3. The van der Waals surface area contributed by atoms with Gasteiger partial charge in [0, 0.05) is 25.9 Å². The Morgan fingerprint density at radius 3 is 3.00 bits per heavy atom. The Hall–Kier alpha value is -0.120. The van der Waals surface area contributed by atoms with Crippen LogP contribution in [0.3, 0.4) is 0 Å². The molecule has 1 fully saturated rings. The van der Waals surface area contributed by atoms with E-state index in [1.54, 1.807) is 0 Å². The first-order valence-electron chi connectivity index (χ1n) is 5.78. The summed E-state index contributed by atoms with van der Waals surface area (Å²) in [6.07, 6.45) is 6.08. The maximum absolute atomic E-state index is 5.96. The monoisotopic (exact) mass is 201 g/mol. The van der Waals surface area contributed by atoms with Gasteiger partial charge in [-0.2, -0.15) is 0 Å². The topological polar surface area (TPSA) is 44.5 Å². The van der Waals surface area contributed by atoms with Gasteiger partial charge < -0.3 is 15.2 Å². The quantitative estimate of drug-likeness (QED) is 0.638. The molecular formula is C11H23NO2. The van der Waals surface area contributed by atoms with Crippen LogP contribution in [-0.2, 0) is 9.47 Å².